The number of carbonyl (C=O) groups is 1. The Morgan fingerprint density at radius 3 is 2.52 bits per heavy atom. The molecule has 2 saturated carbocycles. The van der Waals surface area contributed by atoms with Crippen LogP contribution in [0.25, 0.3) is 0 Å². The van der Waals surface area contributed by atoms with E-state index >= 15 is 0 Å². The van der Waals surface area contributed by atoms with E-state index in [1.165, 1.54) is 13.2 Å². The molecule has 1 amide bonds. The van der Waals surface area contributed by atoms with Crippen LogP contribution < -0.4 is 19.1 Å². The van der Waals surface area contributed by atoms with Crippen molar-refractivity contribution in [2.24, 2.45) is 5.92 Å². The molecule has 1 aromatic carbocycles. The molecular formula is C28H35F2N3O6S. The molecule has 3 fully saturated rings. The van der Waals surface area contributed by atoms with Crippen molar-refractivity contribution in [3.8, 4) is 11.5 Å². The van der Waals surface area contributed by atoms with Crippen molar-refractivity contribution >= 4 is 21.7 Å². The molecule has 2 aliphatic carbocycles. The van der Waals surface area contributed by atoms with Crippen LogP contribution in [0.15, 0.2) is 41.4 Å². The summed E-state index contributed by atoms with van der Waals surface area (Å²) in [5.41, 5.74) is -0.748. The lowest BCUT2D eigenvalue weighted by Crippen LogP contribution is -2.44. The Hall–Kier alpha value is -2.99. The molecule has 9 nitrogen and oxygen atoms in total. The summed E-state index contributed by atoms with van der Waals surface area (Å²) in [6.45, 7) is 1.31. The number of alkyl halides is 2. The van der Waals surface area contributed by atoms with Gasteiger partial charge < -0.3 is 19.5 Å². The molecule has 0 spiro atoms. The number of methoxy groups -OCH3 is 1. The predicted molar refractivity (Wildman–Crippen MR) is 143 cm³/mol. The first kappa shape index (κ1) is 28.5. The molecular weight excluding hydrogens is 544 g/mol. The number of aliphatic hydroxyl groups excluding tert-OH is 1. The highest BCUT2D eigenvalue weighted by atomic mass is 32.2. The van der Waals surface area contributed by atoms with Gasteiger partial charge in [0.05, 0.1) is 7.11 Å². The number of nitrogens with zero attached hydrogens (tertiary/aromatic N) is 2. The number of carbonyl (C=O) groups excluding carboxylic acids is 1. The molecule has 1 aliphatic heterocycles. The number of para-hydroxylation sites is 1. The summed E-state index contributed by atoms with van der Waals surface area (Å²) in [6.07, 6.45) is 2.39. The number of pyridine rings is 1. The molecule has 1 aromatic heterocycles. The van der Waals surface area contributed by atoms with Gasteiger partial charge in [-0.1, -0.05) is 18.2 Å². The van der Waals surface area contributed by atoms with Gasteiger partial charge in [-0.15, -0.1) is 0 Å². The number of amides is 1. The third-order valence-corrected chi connectivity index (χ3v) is 9.35. The molecule has 0 bridgehead atoms. The number of aromatic nitrogens is 1. The second kappa shape index (κ2) is 11.1. The standard InChI is InChI=1S/C28H35F2N3O6S/c1-38-22-7-2-6-21(20-10-12-28(29,30)13-11-20)25(22)39-27(14-15-27)26(35)32-40(36,37)24-9-3-8-23(31-24)33-16-4-5-19(17-33)18-34/h2-3,6-9,19-20,34H,4-5,10-18H2,1H3,(H,32,35). The second-order valence-corrected chi connectivity index (χ2v) is 12.6. The molecule has 40 heavy (non-hydrogen) atoms. The van der Waals surface area contributed by atoms with Gasteiger partial charge in [-0.2, -0.15) is 8.42 Å². The first-order valence-corrected chi connectivity index (χ1v) is 15.2. The normalized spacial score (nSPS) is 22.4. The molecule has 1 saturated heterocycles. The van der Waals surface area contributed by atoms with Crippen LogP contribution in [-0.4, -0.2) is 62.7 Å². The number of ether oxygens (including phenoxy) is 2. The fraction of sp³-hybridized carbons (Fsp3) is 0.571. The lowest BCUT2D eigenvalue weighted by Gasteiger charge is -2.32. The van der Waals surface area contributed by atoms with Crippen molar-refractivity contribution < 1.29 is 36.6 Å². The number of anilines is 1. The van der Waals surface area contributed by atoms with Crippen molar-refractivity contribution in [2.75, 3.05) is 31.7 Å². The number of rotatable bonds is 9. The molecule has 3 aliphatic rings. The summed E-state index contributed by atoms with van der Waals surface area (Å²) in [6, 6.07) is 9.80. The predicted octanol–water partition coefficient (Wildman–Crippen LogP) is 4.01. The number of nitrogens with one attached hydrogen (secondary N) is 1. The van der Waals surface area contributed by atoms with Crippen LogP contribution in [0.3, 0.4) is 0 Å². The topological polar surface area (TPSA) is 118 Å². The van der Waals surface area contributed by atoms with Crippen LogP contribution in [0.2, 0.25) is 0 Å². The second-order valence-electron chi connectivity index (χ2n) is 11.0. The minimum absolute atomic E-state index is 0.0494. The lowest BCUT2D eigenvalue weighted by molar-refractivity contribution is -0.128. The number of aliphatic hydroxyl groups is 1. The van der Waals surface area contributed by atoms with Crippen molar-refractivity contribution in [2.45, 2.75) is 73.8 Å². The number of hydrogen-bond acceptors (Lipinski definition) is 8. The van der Waals surface area contributed by atoms with Gasteiger partial charge in [0.1, 0.15) is 5.82 Å². The van der Waals surface area contributed by atoms with Crippen LogP contribution in [0.1, 0.15) is 62.8 Å². The quantitative estimate of drug-likeness (QED) is 0.458. The molecule has 218 valence electrons. The van der Waals surface area contributed by atoms with Crippen LogP contribution in [0.5, 0.6) is 11.5 Å². The molecule has 1 atom stereocenters. The molecule has 12 heteroatoms. The van der Waals surface area contributed by atoms with E-state index in [2.05, 4.69) is 9.71 Å². The fourth-order valence-electron chi connectivity index (χ4n) is 5.58. The highest BCUT2D eigenvalue weighted by Gasteiger charge is 2.55. The van der Waals surface area contributed by atoms with Gasteiger partial charge >= 0.3 is 0 Å². The molecule has 2 aromatic rings. The van der Waals surface area contributed by atoms with Crippen molar-refractivity contribution in [3.05, 3.63) is 42.0 Å². The third-order valence-electron chi connectivity index (χ3n) is 8.11. The van der Waals surface area contributed by atoms with E-state index in [9.17, 15) is 27.1 Å². The van der Waals surface area contributed by atoms with Crippen LogP contribution in [-0.2, 0) is 14.8 Å². The first-order chi connectivity index (χ1) is 19.1. The molecule has 2 N–H and O–H groups in total. The fourth-order valence-corrected chi connectivity index (χ4v) is 6.59. The van der Waals surface area contributed by atoms with Crippen LogP contribution in [0.4, 0.5) is 14.6 Å². The maximum atomic E-state index is 13.8. The average molecular weight is 580 g/mol. The molecule has 2 heterocycles. The number of hydrogen-bond donors (Lipinski definition) is 2. The molecule has 5 rings (SSSR count). The minimum atomic E-state index is -4.32. The van der Waals surface area contributed by atoms with Gasteiger partial charge in [0.25, 0.3) is 15.9 Å². The minimum Gasteiger partial charge on any atom is -0.493 e. The van der Waals surface area contributed by atoms with Crippen molar-refractivity contribution in [1.29, 1.82) is 0 Å². The maximum absolute atomic E-state index is 13.8. The zero-order valence-electron chi connectivity index (χ0n) is 22.4. The third kappa shape index (κ3) is 6.02. The Balaban J connectivity index is 1.33. The highest BCUT2D eigenvalue weighted by Crippen LogP contribution is 2.49. The van der Waals surface area contributed by atoms with Crippen molar-refractivity contribution in [1.82, 2.24) is 9.71 Å². The summed E-state index contributed by atoms with van der Waals surface area (Å²) in [5, 5.41) is 9.24. The van der Waals surface area contributed by atoms with Gasteiger partial charge in [0.15, 0.2) is 22.1 Å². The summed E-state index contributed by atoms with van der Waals surface area (Å²) in [5.74, 6) is -2.51. The smallest absolute Gasteiger partial charge is 0.281 e. The summed E-state index contributed by atoms with van der Waals surface area (Å²) >= 11 is 0. The van der Waals surface area contributed by atoms with E-state index < -0.39 is 27.5 Å². The van der Waals surface area contributed by atoms with Crippen LogP contribution >= 0.6 is 0 Å². The summed E-state index contributed by atoms with van der Waals surface area (Å²) in [4.78, 5) is 19.6. The number of sulfonamides is 1. The van der Waals surface area contributed by atoms with Gasteiger partial charge in [0.2, 0.25) is 5.92 Å². The average Bonchev–Trinajstić information content (AvgIpc) is 3.74. The Morgan fingerprint density at radius 1 is 1.12 bits per heavy atom. The molecule has 1 unspecified atom stereocenters. The van der Waals surface area contributed by atoms with E-state index in [-0.39, 0.29) is 54.9 Å². The van der Waals surface area contributed by atoms with E-state index in [0.717, 1.165) is 12.8 Å². The Labute approximate surface area is 232 Å². The Morgan fingerprint density at radius 2 is 1.85 bits per heavy atom. The van der Waals surface area contributed by atoms with E-state index in [1.54, 1.807) is 30.3 Å². The van der Waals surface area contributed by atoms with E-state index in [0.29, 0.717) is 43.1 Å². The first-order valence-electron chi connectivity index (χ1n) is 13.7. The Kier molecular flexibility index (Phi) is 7.93. The number of piperidine rings is 1. The summed E-state index contributed by atoms with van der Waals surface area (Å²) in [7, 11) is -2.86. The SMILES string of the molecule is COc1cccc(C2CCC(F)(F)CC2)c1OC1(C(=O)NS(=O)(=O)c2cccc(N3CCCC(CO)C3)n2)CC1. The maximum Gasteiger partial charge on any atom is 0.281 e. The van der Waals surface area contributed by atoms with E-state index in [4.69, 9.17) is 9.47 Å². The lowest BCUT2D eigenvalue weighted by atomic mass is 9.82. The monoisotopic (exact) mass is 579 g/mol. The zero-order chi connectivity index (χ0) is 28.5. The van der Waals surface area contributed by atoms with Gasteiger partial charge in [-0.05, 0) is 55.7 Å². The largest absolute Gasteiger partial charge is 0.493 e. The molecule has 0 radical (unpaired) electrons. The Bertz CT molecular complexity index is 1340. The van der Waals surface area contributed by atoms with E-state index in [1.807, 2.05) is 4.90 Å². The number of benzene rings is 1. The van der Waals surface area contributed by atoms with Gasteiger partial charge in [0, 0.05) is 50.9 Å². The van der Waals surface area contributed by atoms with Gasteiger partial charge in [-0.3, -0.25) is 4.79 Å². The summed E-state index contributed by atoms with van der Waals surface area (Å²) < 4.78 is 67.9. The van der Waals surface area contributed by atoms with Crippen molar-refractivity contribution in [3.63, 3.8) is 0 Å². The van der Waals surface area contributed by atoms with Crippen LogP contribution in [0, 0.1) is 5.92 Å². The van der Waals surface area contributed by atoms with Gasteiger partial charge in [-0.25, -0.2) is 18.5 Å². The number of halogens is 2. The zero-order valence-corrected chi connectivity index (χ0v) is 23.3. The highest BCUT2D eigenvalue weighted by molar-refractivity contribution is 7.90.